The van der Waals surface area contributed by atoms with Crippen LogP contribution in [-0.2, 0) is 12.3 Å². The van der Waals surface area contributed by atoms with E-state index in [0.717, 1.165) is 16.6 Å². The number of amides is 1. The number of hydrogen-bond acceptors (Lipinski definition) is 6. The van der Waals surface area contributed by atoms with Gasteiger partial charge < -0.3 is 9.32 Å². The summed E-state index contributed by atoms with van der Waals surface area (Å²) in [5.74, 6) is 1.41. The highest BCUT2D eigenvalue weighted by molar-refractivity contribution is 7.98. The standard InChI is InChI=1S/C19H17N5O2S/c1-24(10-14-7-6-13-4-2-3-5-16(13)22-14)18(25)17-9-8-15(26-17)11-27-19-20-12-21-23-19/h2-9,12H,10-11H2,1H3,(H,20,21,23). The Morgan fingerprint density at radius 1 is 1.19 bits per heavy atom. The predicted octanol–water partition coefficient (Wildman–Crippen LogP) is 3.51. The molecule has 4 aromatic rings. The first-order valence-corrected chi connectivity index (χ1v) is 9.34. The van der Waals surface area contributed by atoms with Gasteiger partial charge in [0.1, 0.15) is 12.1 Å². The molecule has 7 nitrogen and oxygen atoms in total. The van der Waals surface area contributed by atoms with Crippen molar-refractivity contribution in [3.8, 4) is 0 Å². The van der Waals surface area contributed by atoms with Gasteiger partial charge in [-0.05, 0) is 24.3 Å². The van der Waals surface area contributed by atoms with Crippen LogP contribution in [0.2, 0.25) is 0 Å². The molecule has 0 unspecified atom stereocenters. The van der Waals surface area contributed by atoms with E-state index in [2.05, 4.69) is 20.2 Å². The fourth-order valence-corrected chi connectivity index (χ4v) is 3.35. The summed E-state index contributed by atoms with van der Waals surface area (Å²) in [4.78, 5) is 22.9. The number of thioether (sulfide) groups is 1. The average molecular weight is 379 g/mol. The number of carbonyl (C=O) groups excluding carboxylic acids is 1. The maximum atomic E-state index is 12.6. The molecular weight excluding hydrogens is 362 g/mol. The molecule has 1 amide bonds. The highest BCUT2D eigenvalue weighted by Crippen LogP contribution is 2.21. The molecule has 0 radical (unpaired) electrons. The van der Waals surface area contributed by atoms with E-state index < -0.39 is 0 Å². The number of furan rings is 1. The van der Waals surface area contributed by atoms with E-state index in [1.54, 1.807) is 24.1 Å². The molecular formula is C19H17N5O2S. The molecule has 0 saturated carbocycles. The summed E-state index contributed by atoms with van der Waals surface area (Å²) in [6.45, 7) is 0.409. The first-order chi connectivity index (χ1) is 13.2. The predicted molar refractivity (Wildman–Crippen MR) is 102 cm³/mol. The smallest absolute Gasteiger partial charge is 0.289 e. The molecule has 0 aliphatic heterocycles. The van der Waals surface area contributed by atoms with Gasteiger partial charge in [-0.25, -0.2) is 4.98 Å². The Labute approximate surface area is 159 Å². The molecule has 1 N–H and O–H groups in total. The number of nitrogens with zero attached hydrogens (tertiary/aromatic N) is 4. The summed E-state index contributed by atoms with van der Waals surface area (Å²) in [5.41, 5.74) is 1.75. The van der Waals surface area contributed by atoms with Gasteiger partial charge in [-0.2, -0.15) is 5.10 Å². The minimum absolute atomic E-state index is 0.180. The van der Waals surface area contributed by atoms with Crippen LogP contribution in [0.25, 0.3) is 10.9 Å². The van der Waals surface area contributed by atoms with Gasteiger partial charge in [0.15, 0.2) is 10.9 Å². The zero-order valence-corrected chi connectivity index (χ0v) is 15.4. The molecule has 4 rings (SSSR count). The van der Waals surface area contributed by atoms with E-state index in [1.165, 1.54) is 18.1 Å². The summed E-state index contributed by atoms with van der Waals surface area (Å²) in [5, 5.41) is 8.35. The molecule has 8 heteroatoms. The van der Waals surface area contributed by atoms with Crippen LogP contribution in [0.5, 0.6) is 0 Å². The number of fused-ring (bicyclic) bond motifs is 1. The number of hydrogen-bond donors (Lipinski definition) is 1. The lowest BCUT2D eigenvalue weighted by atomic mass is 10.2. The van der Waals surface area contributed by atoms with E-state index in [1.807, 2.05) is 36.4 Å². The van der Waals surface area contributed by atoms with Crippen LogP contribution in [-0.4, -0.2) is 38.0 Å². The SMILES string of the molecule is CN(Cc1ccc2ccccc2n1)C(=O)c1ccc(CSc2ncn[nH]2)o1. The molecule has 0 bridgehead atoms. The summed E-state index contributed by atoms with van der Waals surface area (Å²) in [6, 6.07) is 15.4. The van der Waals surface area contributed by atoms with Crippen molar-refractivity contribution in [1.29, 1.82) is 0 Å². The molecule has 0 aliphatic carbocycles. The van der Waals surface area contributed by atoms with Crippen molar-refractivity contribution in [1.82, 2.24) is 25.1 Å². The van der Waals surface area contributed by atoms with Crippen molar-refractivity contribution < 1.29 is 9.21 Å². The Kier molecular flexibility index (Phi) is 4.88. The Hall–Kier alpha value is -3.13. The lowest BCUT2D eigenvalue weighted by Gasteiger charge is -2.15. The van der Waals surface area contributed by atoms with E-state index in [-0.39, 0.29) is 5.91 Å². The van der Waals surface area contributed by atoms with Crippen molar-refractivity contribution in [2.45, 2.75) is 17.5 Å². The summed E-state index contributed by atoms with van der Waals surface area (Å²) >= 11 is 1.46. The Bertz CT molecular complexity index is 1060. The number of pyridine rings is 1. The van der Waals surface area contributed by atoms with Gasteiger partial charge in [0.25, 0.3) is 5.91 Å². The maximum Gasteiger partial charge on any atom is 0.289 e. The lowest BCUT2D eigenvalue weighted by molar-refractivity contribution is 0.0750. The van der Waals surface area contributed by atoms with Crippen LogP contribution in [0.15, 0.2) is 64.4 Å². The molecule has 3 heterocycles. The summed E-state index contributed by atoms with van der Waals surface area (Å²) in [6.07, 6.45) is 1.45. The molecule has 3 aromatic heterocycles. The van der Waals surface area contributed by atoms with Crippen molar-refractivity contribution >= 4 is 28.6 Å². The molecule has 0 atom stereocenters. The minimum Gasteiger partial charge on any atom is -0.455 e. The van der Waals surface area contributed by atoms with Crippen molar-refractivity contribution in [2.24, 2.45) is 0 Å². The average Bonchev–Trinajstić information content (AvgIpc) is 3.37. The van der Waals surface area contributed by atoms with Gasteiger partial charge >= 0.3 is 0 Å². The van der Waals surface area contributed by atoms with Crippen molar-refractivity contribution in [2.75, 3.05) is 7.05 Å². The molecule has 0 fully saturated rings. The first kappa shape index (κ1) is 17.3. The Balaban J connectivity index is 1.40. The number of aromatic nitrogens is 4. The fourth-order valence-electron chi connectivity index (χ4n) is 2.67. The summed E-state index contributed by atoms with van der Waals surface area (Å²) in [7, 11) is 1.74. The van der Waals surface area contributed by atoms with Gasteiger partial charge in [0.2, 0.25) is 0 Å². The number of H-pyrrole nitrogens is 1. The summed E-state index contributed by atoms with van der Waals surface area (Å²) < 4.78 is 5.68. The van der Waals surface area contributed by atoms with E-state index in [9.17, 15) is 4.79 Å². The second-order valence-electron chi connectivity index (χ2n) is 6.00. The molecule has 0 saturated heterocycles. The highest BCUT2D eigenvalue weighted by Gasteiger charge is 2.17. The molecule has 0 spiro atoms. The molecule has 0 aliphatic rings. The Morgan fingerprint density at radius 2 is 2.07 bits per heavy atom. The highest BCUT2D eigenvalue weighted by atomic mass is 32.2. The topological polar surface area (TPSA) is 87.9 Å². The molecule has 27 heavy (non-hydrogen) atoms. The van der Waals surface area contributed by atoms with Crippen LogP contribution >= 0.6 is 11.8 Å². The third kappa shape index (κ3) is 4.01. The quantitative estimate of drug-likeness (QED) is 0.516. The largest absolute Gasteiger partial charge is 0.455 e. The number of nitrogens with one attached hydrogen (secondary N) is 1. The van der Waals surface area contributed by atoms with Crippen LogP contribution in [0.3, 0.4) is 0 Å². The zero-order valence-electron chi connectivity index (χ0n) is 14.6. The van der Waals surface area contributed by atoms with Crippen molar-refractivity contribution in [3.63, 3.8) is 0 Å². The van der Waals surface area contributed by atoms with Crippen LogP contribution < -0.4 is 0 Å². The van der Waals surface area contributed by atoms with Crippen LogP contribution in [0.4, 0.5) is 0 Å². The normalized spacial score (nSPS) is 11.0. The van der Waals surface area contributed by atoms with Crippen molar-refractivity contribution in [3.05, 3.63) is 72.1 Å². The van der Waals surface area contributed by atoms with Gasteiger partial charge in [0, 0.05) is 12.4 Å². The zero-order chi connectivity index (χ0) is 18.6. The maximum absolute atomic E-state index is 12.6. The molecule has 136 valence electrons. The number of aromatic amines is 1. The van der Waals surface area contributed by atoms with E-state index in [0.29, 0.717) is 29.0 Å². The Morgan fingerprint density at radius 3 is 2.93 bits per heavy atom. The van der Waals surface area contributed by atoms with Crippen LogP contribution in [0, 0.1) is 0 Å². The second-order valence-corrected chi connectivity index (χ2v) is 6.97. The lowest BCUT2D eigenvalue weighted by Crippen LogP contribution is -2.26. The van der Waals surface area contributed by atoms with Gasteiger partial charge in [0.05, 0.1) is 23.5 Å². The van der Waals surface area contributed by atoms with E-state index >= 15 is 0 Å². The fraction of sp³-hybridized carbons (Fsp3) is 0.158. The third-order valence-electron chi connectivity index (χ3n) is 4.02. The van der Waals surface area contributed by atoms with Gasteiger partial charge in [-0.1, -0.05) is 36.0 Å². The first-order valence-electron chi connectivity index (χ1n) is 8.36. The van der Waals surface area contributed by atoms with Crippen LogP contribution in [0.1, 0.15) is 22.0 Å². The molecule has 1 aromatic carbocycles. The van der Waals surface area contributed by atoms with Gasteiger partial charge in [-0.3, -0.25) is 14.9 Å². The number of rotatable bonds is 6. The second kappa shape index (κ2) is 7.63. The number of benzene rings is 1. The monoisotopic (exact) mass is 379 g/mol. The number of para-hydroxylation sites is 1. The third-order valence-corrected chi connectivity index (χ3v) is 4.92. The van der Waals surface area contributed by atoms with E-state index in [4.69, 9.17) is 4.42 Å². The van der Waals surface area contributed by atoms with Gasteiger partial charge in [-0.15, -0.1) is 0 Å². The minimum atomic E-state index is -0.180. The number of carbonyl (C=O) groups is 1.